The van der Waals surface area contributed by atoms with Crippen LogP contribution in [0.25, 0.3) is 0 Å². The van der Waals surface area contributed by atoms with E-state index in [-0.39, 0.29) is 24.4 Å². The minimum atomic E-state index is -0.691. The molecule has 5 unspecified atom stereocenters. The predicted octanol–water partition coefficient (Wildman–Crippen LogP) is 1.12. The first-order valence-corrected chi connectivity index (χ1v) is 10.1. The largest absolute Gasteiger partial charge is 0.379 e. The van der Waals surface area contributed by atoms with E-state index in [9.17, 15) is 0 Å². The molecule has 0 aliphatic carbocycles. The van der Waals surface area contributed by atoms with Crippen LogP contribution in [0.5, 0.6) is 0 Å². The standard InChI is InChI=1S/C19H33NO7/c1-18(2)24-14-13(12-22-9-5-6-20-7-10-21-11-8-20)23-17-16(15(14)25-18)26-19(3,4)27-17/h13-17H,5-12H2,1-4H3. The second-order valence-corrected chi connectivity index (χ2v) is 8.59. The zero-order chi connectivity index (χ0) is 19.1. The number of nitrogens with zero attached hydrogens (tertiary/aromatic N) is 1. The fourth-order valence-corrected chi connectivity index (χ4v) is 4.24. The van der Waals surface area contributed by atoms with Crippen molar-refractivity contribution in [3.05, 3.63) is 0 Å². The van der Waals surface area contributed by atoms with Crippen LogP contribution in [0.3, 0.4) is 0 Å². The molecule has 0 aromatic rings. The summed E-state index contributed by atoms with van der Waals surface area (Å²) in [4.78, 5) is 2.41. The first kappa shape index (κ1) is 20.0. The van der Waals surface area contributed by atoms with Gasteiger partial charge in [-0.2, -0.15) is 0 Å². The maximum atomic E-state index is 6.15. The lowest BCUT2D eigenvalue weighted by molar-refractivity contribution is -0.243. The van der Waals surface area contributed by atoms with Gasteiger partial charge in [-0.05, 0) is 34.1 Å². The fourth-order valence-electron chi connectivity index (χ4n) is 4.24. The van der Waals surface area contributed by atoms with Gasteiger partial charge in [0.1, 0.15) is 24.4 Å². The summed E-state index contributed by atoms with van der Waals surface area (Å²) in [6.07, 6.45) is -0.438. The first-order chi connectivity index (χ1) is 12.8. The molecule has 27 heavy (non-hydrogen) atoms. The van der Waals surface area contributed by atoms with Crippen LogP contribution in [0, 0.1) is 0 Å². The Kier molecular flexibility index (Phi) is 5.80. The number of hydrogen-bond acceptors (Lipinski definition) is 8. The molecule has 0 spiro atoms. The first-order valence-electron chi connectivity index (χ1n) is 10.1. The molecule has 5 atom stereocenters. The summed E-state index contributed by atoms with van der Waals surface area (Å²) in [6.45, 7) is 13.5. The van der Waals surface area contributed by atoms with Crippen LogP contribution in [0.15, 0.2) is 0 Å². The number of morpholine rings is 1. The van der Waals surface area contributed by atoms with Crippen LogP contribution in [-0.2, 0) is 33.2 Å². The summed E-state index contributed by atoms with van der Waals surface area (Å²) in [6, 6.07) is 0. The Balaban J connectivity index is 1.28. The molecule has 0 amide bonds. The van der Waals surface area contributed by atoms with Gasteiger partial charge in [-0.1, -0.05) is 0 Å². The molecular weight excluding hydrogens is 354 g/mol. The minimum Gasteiger partial charge on any atom is -0.379 e. The van der Waals surface area contributed by atoms with Crippen molar-refractivity contribution in [2.24, 2.45) is 0 Å². The number of hydrogen-bond donors (Lipinski definition) is 0. The lowest BCUT2D eigenvalue weighted by Crippen LogP contribution is -2.56. The van der Waals surface area contributed by atoms with Crippen molar-refractivity contribution in [2.45, 2.75) is 76.4 Å². The molecule has 8 heteroatoms. The molecule has 4 fully saturated rings. The Labute approximate surface area is 161 Å². The molecule has 0 aromatic carbocycles. The van der Waals surface area contributed by atoms with Crippen LogP contribution >= 0.6 is 0 Å². The van der Waals surface area contributed by atoms with Crippen molar-refractivity contribution in [2.75, 3.05) is 46.1 Å². The molecular formula is C19H33NO7. The average Bonchev–Trinajstić information content (AvgIpc) is 3.09. The third-order valence-electron chi connectivity index (χ3n) is 5.40. The van der Waals surface area contributed by atoms with E-state index < -0.39 is 17.9 Å². The molecule has 0 radical (unpaired) electrons. The summed E-state index contributed by atoms with van der Waals surface area (Å²) in [7, 11) is 0. The molecule has 0 aromatic heterocycles. The van der Waals surface area contributed by atoms with Crippen molar-refractivity contribution in [1.82, 2.24) is 4.90 Å². The normalized spacial score (nSPS) is 40.7. The third kappa shape index (κ3) is 4.64. The highest BCUT2D eigenvalue weighted by Crippen LogP contribution is 2.44. The van der Waals surface area contributed by atoms with E-state index in [1.54, 1.807) is 0 Å². The molecule has 4 aliphatic rings. The van der Waals surface area contributed by atoms with Crippen LogP contribution in [-0.4, -0.2) is 93.2 Å². The van der Waals surface area contributed by atoms with Gasteiger partial charge in [0.25, 0.3) is 0 Å². The zero-order valence-electron chi connectivity index (χ0n) is 16.8. The zero-order valence-corrected chi connectivity index (χ0v) is 16.8. The van der Waals surface area contributed by atoms with E-state index in [0.29, 0.717) is 13.2 Å². The summed E-state index contributed by atoms with van der Waals surface area (Å²) in [5.74, 6) is -1.36. The molecule has 4 heterocycles. The quantitative estimate of drug-likeness (QED) is 0.628. The maximum absolute atomic E-state index is 6.15. The van der Waals surface area contributed by atoms with Crippen molar-refractivity contribution < 1.29 is 33.2 Å². The molecule has 4 saturated heterocycles. The second kappa shape index (κ2) is 7.84. The Hall–Kier alpha value is -0.320. The van der Waals surface area contributed by atoms with Gasteiger partial charge in [0, 0.05) is 26.2 Å². The minimum absolute atomic E-state index is 0.220. The van der Waals surface area contributed by atoms with Gasteiger partial charge >= 0.3 is 0 Å². The number of rotatable bonds is 6. The van der Waals surface area contributed by atoms with Crippen LogP contribution in [0.1, 0.15) is 34.1 Å². The Morgan fingerprint density at radius 1 is 0.889 bits per heavy atom. The highest BCUT2D eigenvalue weighted by molar-refractivity contribution is 5.00. The Morgan fingerprint density at radius 3 is 2.33 bits per heavy atom. The molecule has 4 rings (SSSR count). The molecule has 0 N–H and O–H groups in total. The van der Waals surface area contributed by atoms with E-state index in [4.69, 9.17) is 33.2 Å². The molecule has 4 aliphatic heterocycles. The monoisotopic (exact) mass is 387 g/mol. The fraction of sp³-hybridized carbons (Fsp3) is 1.00. The van der Waals surface area contributed by atoms with Crippen LogP contribution in [0.4, 0.5) is 0 Å². The van der Waals surface area contributed by atoms with Gasteiger partial charge in [0.2, 0.25) is 0 Å². The predicted molar refractivity (Wildman–Crippen MR) is 95.2 cm³/mol. The SMILES string of the molecule is CC1(C)OC2OC(COCCCN3CCOCC3)C3OC(C)(C)OC3C2O1. The van der Waals surface area contributed by atoms with Crippen molar-refractivity contribution in [1.29, 1.82) is 0 Å². The third-order valence-corrected chi connectivity index (χ3v) is 5.40. The van der Waals surface area contributed by atoms with Gasteiger partial charge in [-0.25, -0.2) is 0 Å². The van der Waals surface area contributed by atoms with Crippen molar-refractivity contribution in [3.8, 4) is 0 Å². The molecule has 156 valence electrons. The lowest BCUT2D eigenvalue weighted by Gasteiger charge is -2.37. The van der Waals surface area contributed by atoms with E-state index in [1.807, 2.05) is 27.7 Å². The lowest BCUT2D eigenvalue weighted by atomic mass is 9.99. The van der Waals surface area contributed by atoms with E-state index in [1.165, 1.54) is 0 Å². The topological polar surface area (TPSA) is 67.9 Å². The van der Waals surface area contributed by atoms with Crippen LogP contribution in [0.2, 0.25) is 0 Å². The average molecular weight is 387 g/mol. The smallest absolute Gasteiger partial charge is 0.190 e. The summed E-state index contributed by atoms with van der Waals surface area (Å²) < 4.78 is 41.6. The van der Waals surface area contributed by atoms with E-state index in [0.717, 1.165) is 39.3 Å². The Morgan fingerprint density at radius 2 is 1.56 bits per heavy atom. The summed E-state index contributed by atoms with van der Waals surface area (Å²) >= 11 is 0. The van der Waals surface area contributed by atoms with Crippen molar-refractivity contribution >= 4 is 0 Å². The van der Waals surface area contributed by atoms with Crippen LogP contribution < -0.4 is 0 Å². The number of fused-ring (bicyclic) bond motifs is 3. The molecule has 0 bridgehead atoms. The van der Waals surface area contributed by atoms with E-state index in [2.05, 4.69) is 4.90 Å². The number of ether oxygens (including phenoxy) is 7. The van der Waals surface area contributed by atoms with Gasteiger partial charge < -0.3 is 33.2 Å². The summed E-state index contributed by atoms with van der Waals surface area (Å²) in [5.41, 5.74) is 0. The Bertz CT molecular complexity index is 508. The molecule has 0 saturated carbocycles. The van der Waals surface area contributed by atoms with Gasteiger partial charge in [0.15, 0.2) is 17.9 Å². The summed E-state index contributed by atoms with van der Waals surface area (Å²) in [5, 5.41) is 0. The molecule has 8 nitrogen and oxygen atoms in total. The van der Waals surface area contributed by atoms with E-state index >= 15 is 0 Å². The maximum Gasteiger partial charge on any atom is 0.190 e. The van der Waals surface area contributed by atoms with Gasteiger partial charge in [-0.3, -0.25) is 4.90 Å². The second-order valence-electron chi connectivity index (χ2n) is 8.59. The highest BCUT2D eigenvalue weighted by Gasteiger charge is 2.60. The highest BCUT2D eigenvalue weighted by atomic mass is 16.9. The van der Waals surface area contributed by atoms with Crippen molar-refractivity contribution in [3.63, 3.8) is 0 Å². The van der Waals surface area contributed by atoms with Gasteiger partial charge in [-0.15, -0.1) is 0 Å². The van der Waals surface area contributed by atoms with Gasteiger partial charge in [0.05, 0.1) is 19.8 Å².